The van der Waals surface area contributed by atoms with Crippen molar-refractivity contribution in [3.05, 3.63) is 40.4 Å². The van der Waals surface area contributed by atoms with Gasteiger partial charge in [0.15, 0.2) is 0 Å². The Labute approximate surface area is 145 Å². The van der Waals surface area contributed by atoms with Crippen LogP contribution in [0.25, 0.3) is 10.8 Å². The molecule has 122 valence electrons. The van der Waals surface area contributed by atoms with Crippen LogP contribution in [0, 0.1) is 5.92 Å². The Hall–Kier alpha value is -1.55. The van der Waals surface area contributed by atoms with Crippen LogP contribution in [0.2, 0.25) is 0 Å². The normalized spacial score (nSPS) is 15.9. The molecular weight excluding hydrogens is 354 g/mol. The van der Waals surface area contributed by atoms with Gasteiger partial charge in [0, 0.05) is 23.1 Å². The van der Waals surface area contributed by atoms with Crippen molar-refractivity contribution in [2.45, 2.75) is 26.2 Å². The van der Waals surface area contributed by atoms with E-state index in [4.69, 9.17) is 4.74 Å². The predicted molar refractivity (Wildman–Crippen MR) is 96.9 cm³/mol. The Balaban J connectivity index is 1.90. The summed E-state index contributed by atoms with van der Waals surface area (Å²) in [5, 5.41) is 2.21. The van der Waals surface area contributed by atoms with Gasteiger partial charge < -0.3 is 9.64 Å². The molecular formula is C19H22BrNO2. The number of likely N-dealkylation sites (tertiary alicyclic amines) is 1. The maximum Gasteiger partial charge on any atom is 0.227 e. The molecule has 4 heteroatoms. The fourth-order valence-corrected chi connectivity index (χ4v) is 3.62. The van der Waals surface area contributed by atoms with E-state index in [-0.39, 0.29) is 5.91 Å². The maximum absolute atomic E-state index is 12.7. The van der Waals surface area contributed by atoms with E-state index in [0.29, 0.717) is 6.42 Å². The van der Waals surface area contributed by atoms with Gasteiger partial charge in [0.2, 0.25) is 5.91 Å². The quantitative estimate of drug-likeness (QED) is 0.794. The Kier molecular flexibility index (Phi) is 4.90. The molecule has 3 rings (SSSR count). The van der Waals surface area contributed by atoms with Gasteiger partial charge in [-0.2, -0.15) is 0 Å². The van der Waals surface area contributed by atoms with E-state index in [1.54, 1.807) is 7.11 Å². The number of methoxy groups -OCH3 is 1. The molecule has 1 aliphatic rings. The molecule has 0 saturated carbocycles. The van der Waals surface area contributed by atoms with Crippen LogP contribution in [0.1, 0.15) is 25.3 Å². The van der Waals surface area contributed by atoms with Crippen LogP contribution >= 0.6 is 15.9 Å². The number of amides is 1. The first-order valence-electron chi connectivity index (χ1n) is 8.11. The number of fused-ring (bicyclic) bond motifs is 1. The third kappa shape index (κ3) is 3.52. The summed E-state index contributed by atoms with van der Waals surface area (Å²) < 4.78 is 6.55. The molecule has 0 aromatic heterocycles. The Bertz CT molecular complexity index is 721. The monoisotopic (exact) mass is 375 g/mol. The zero-order valence-electron chi connectivity index (χ0n) is 13.6. The summed E-state index contributed by atoms with van der Waals surface area (Å²) in [7, 11) is 1.66. The molecule has 0 spiro atoms. The van der Waals surface area contributed by atoms with E-state index < -0.39 is 0 Å². The first-order chi connectivity index (χ1) is 11.1. The summed E-state index contributed by atoms with van der Waals surface area (Å²) >= 11 is 3.51. The number of halogens is 1. The molecule has 0 aliphatic carbocycles. The Morgan fingerprint density at radius 2 is 2.00 bits per heavy atom. The zero-order chi connectivity index (χ0) is 16.4. The van der Waals surface area contributed by atoms with Crippen LogP contribution in [-0.4, -0.2) is 31.0 Å². The van der Waals surface area contributed by atoms with E-state index in [0.717, 1.165) is 58.4 Å². The van der Waals surface area contributed by atoms with Crippen LogP contribution in [-0.2, 0) is 11.2 Å². The first kappa shape index (κ1) is 16.3. The second kappa shape index (κ2) is 6.91. The largest absolute Gasteiger partial charge is 0.496 e. The highest BCUT2D eigenvalue weighted by Gasteiger charge is 2.22. The number of hydrogen-bond donors (Lipinski definition) is 0. The minimum absolute atomic E-state index is 0.200. The van der Waals surface area contributed by atoms with Crippen molar-refractivity contribution in [1.82, 2.24) is 4.90 Å². The van der Waals surface area contributed by atoms with Crippen LogP contribution in [0.3, 0.4) is 0 Å². The molecule has 1 fully saturated rings. The lowest BCUT2D eigenvalue weighted by atomic mass is 9.97. The van der Waals surface area contributed by atoms with Gasteiger partial charge in [-0.3, -0.25) is 4.79 Å². The highest BCUT2D eigenvalue weighted by atomic mass is 79.9. The smallest absolute Gasteiger partial charge is 0.227 e. The Morgan fingerprint density at radius 1 is 1.26 bits per heavy atom. The minimum atomic E-state index is 0.200. The summed E-state index contributed by atoms with van der Waals surface area (Å²) in [5.41, 5.74) is 0.987. The van der Waals surface area contributed by atoms with Crippen molar-refractivity contribution in [1.29, 1.82) is 0 Å². The lowest BCUT2D eigenvalue weighted by Gasteiger charge is -2.30. The van der Waals surface area contributed by atoms with Crippen LogP contribution in [0.15, 0.2) is 34.8 Å². The molecule has 1 saturated heterocycles. The van der Waals surface area contributed by atoms with Crippen LogP contribution < -0.4 is 4.74 Å². The molecule has 2 aromatic carbocycles. The molecule has 3 nitrogen and oxygen atoms in total. The van der Waals surface area contributed by atoms with Gasteiger partial charge in [-0.1, -0.05) is 35.0 Å². The van der Waals surface area contributed by atoms with E-state index in [1.807, 2.05) is 23.1 Å². The molecule has 1 heterocycles. The number of piperidine rings is 1. The van der Waals surface area contributed by atoms with Crippen molar-refractivity contribution in [3.8, 4) is 5.75 Å². The maximum atomic E-state index is 12.7. The molecule has 2 aromatic rings. The van der Waals surface area contributed by atoms with Crippen molar-refractivity contribution < 1.29 is 9.53 Å². The van der Waals surface area contributed by atoms with Gasteiger partial charge in [0.25, 0.3) is 0 Å². The second-order valence-electron chi connectivity index (χ2n) is 6.35. The fraction of sp³-hybridized carbons (Fsp3) is 0.421. The van der Waals surface area contributed by atoms with E-state index in [2.05, 4.69) is 35.0 Å². The van der Waals surface area contributed by atoms with Gasteiger partial charge in [-0.05, 0) is 47.7 Å². The number of hydrogen-bond acceptors (Lipinski definition) is 2. The Morgan fingerprint density at radius 3 is 2.70 bits per heavy atom. The number of ether oxygens (including phenoxy) is 1. The number of carbonyl (C=O) groups excluding carboxylic acids is 1. The highest BCUT2D eigenvalue weighted by molar-refractivity contribution is 9.10. The predicted octanol–water partition coefficient (Wildman–Crippen LogP) is 4.41. The summed E-state index contributed by atoms with van der Waals surface area (Å²) in [4.78, 5) is 14.7. The van der Waals surface area contributed by atoms with E-state index >= 15 is 0 Å². The third-order valence-corrected chi connectivity index (χ3v) is 5.23. The molecule has 0 unspecified atom stereocenters. The fourth-order valence-electron chi connectivity index (χ4n) is 3.24. The first-order valence-corrected chi connectivity index (χ1v) is 8.90. The van der Waals surface area contributed by atoms with Crippen molar-refractivity contribution in [2.75, 3.05) is 20.2 Å². The molecule has 0 atom stereocenters. The summed E-state index contributed by atoms with van der Waals surface area (Å²) in [6.45, 7) is 4.00. The molecule has 0 radical (unpaired) electrons. The van der Waals surface area contributed by atoms with E-state index in [9.17, 15) is 4.79 Å². The topological polar surface area (TPSA) is 29.5 Å². The summed E-state index contributed by atoms with van der Waals surface area (Å²) in [5.74, 6) is 1.72. The third-order valence-electron chi connectivity index (χ3n) is 4.73. The van der Waals surface area contributed by atoms with Crippen molar-refractivity contribution in [3.63, 3.8) is 0 Å². The minimum Gasteiger partial charge on any atom is -0.496 e. The number of rotatable bonds is 3. The average molecular weight is 376 g/mol. The molecule has 0 N–H and O–H groups in total. The standard InChI is InChI=1S/C19H22BrNO2/c1-13-7-9-21(10-8-13)19(22)12-17-16-5-4-15(20)11-14(16)3-6-18(17)23-2/h3-6,11,13H,7-10,12H2,1-2H3. The van der Waals surface area contributed by atoms with Gasteiger partial charge in [0.1, 0.15) is 5.75 Å². The van der Waals surface area contributed by atoms with Gasteiger partial charge in [0.05, 0.1) is 13.5 Å². The lowest BCUT2D eigenvalue weighted by molar-refractivity contribution is -0.131. The van der Waals surface area contributed by atoms with E-state index in [1.165, 1.54) is 0 Å². The number of carbonyl (C=O) groups is 1. The second-order valence-corrected chi connectivity index (χ2v) is 7.27. The van der Waals surface area contributed by atoms with Gasteiger partial charge >= 0.3 is 0 Å². The molecule has 0 bridgehead atoms. The van der Waals surface area contributed by atoms with Crippen molar-refractivity contribution in [2.24, 2.45) is 5.92 Å². The van der Waals surface area contributed by atoms with Crippen LogP contribution in [0.5, 0.6) is 5.75 Å². The van der Waals surface area contributed by atoms with Gasteiger partial charge in [-0.25, -0.2) is 0 Å². The number of benzene rings is 2. The molecule has 1 amide bonds. The SMILES string of the molecule is COc1ccc2cc(Br)ccc2c1CC(=O)N1CCC(C)CC1. The summed E-state index contributed by atoms with van der Waals surface area (Å²) in [6, 6.07) is 10.1. The van der Waals surface area contributed by atoms with Crippen molar-refractivity contribution >= 4 is 32.6 Å². The lowest BCUT2D eigenvalue weighted by Crippen LogP contribution is -2.38. The van der Waals surface area contributed by atoms with Crippen LogP contribution in [0.4, 0.5) is 0 Å². The zero-order valence-corrected chi connectivity index (χ0v) is 15.2. The molecule has 1 aliphatic heterocycles. The summed E-state index contributed by atoms with van der Waals surface area (Å²) in [6.07, 6.45) is 2.60. The average Bonchev–Trinajstić information content (AvgIpc) is 2.55. The molecule has 23 heavy (non-hydrogen) atoms. The highest BCUT2D eigenvalue weighted by Crippen LogP contribution is 2.31. The van der Waals surface area contributed by atoms with Gasteiger partial charge in [-0.15, -0.1) is 0 Å². The number of nitrogens with zero attached hydrogens (tertiary/aromatic N) is 1.